The van der Waals surface area contributed by atoms with Gasteiger partial charge in [-0.3, -0.25) is 9.59 Å². The zero-order valence-electron chi connectivity index (χ0n) is 10.4. The lowest BCUT2D eigenvalue weighted by Gasteiger charge is -2.25. The van der Waals surface area contributed by atoms with Crippen molar-refractivity contribution in [2.24, 2.45) is 22.7 Å². The Balaban J connectivity index is 2.32. The number of carboxylic acid groups (broad SMARTS) is 4. The monoisotopic (exact) mass is 294 g/mol. The maximum absolute atomic E-state index is 11.6. The molecule has 3 aliphatic rings. The summed E-state index contributed by atoms with van der Waals surface area (Å²) in [5, 5.41) is 37.2. The summed E-state index contributed by atoms with van der Waals surface area (Å²) in [5.41, 5.74) is -4.47. The predicted octanol–water partition coefficient (Wildman–Crippen LogP) is -0.186. The Bertz CT molecular complexity index is 630. The third-order valence-electron chi connectivity index (χ3n) is 4.89. The van der Waals surface area contributed by atoms with Crippen molar-refractivity contribution in [3.63, 3.8) is 0 Å². The normalized spacial score (nSPS) is 38.9. The summed E-state index contributed by atoms with van der Waals surface area (Å²) in [6.45, 7) is 0. The van der Waals surface area contributed by atoms with Gasteiger partial charge in [-0.25, -0.2) is 9.59 Å². The van der Waals surface area contributed by atoms with E-state index in [4.69, 9.17) is 0 Å². The Kier molecular flexibility index (Phi) is 2.23. The van der Waals surface area contributed by atoms with Crippen molar-refractivity contribution < 1.29 is 39.6 Å². The molecule has 0 aromatic rings. The van der Waals surface area contributed by atoms with E-state index < -0.39 is 46.5 Å². The van der Waals surface area contributed by atoms with Crippen LogP contribution in [-0.2, 0) is 19.2 Å². The summed E-state index contributed by atoms with van der Waals surface area (Å²) in [7, 11) is 0. The van der Waals surface area contributed by atoms with E-state index in [2.05, 4.69) is 0 Å². The van der Waals surface area contributed by atoms with Crippen LogP contribution in [0.1, 0.15) is 6.42 Å². The highest BCUT2D eigenvalue weighted by Gasteiger charge is 2.86. The third-order valence-corrected chi connectivity index (χ3v) is 4.89. The molecule has 2 atom stereocenters. The van der Waals surface area contributed by atoms with Gasteiger partial charge in [0, 0.05) is 23.0 Å². The minimum absolute atomic E-state index is 0.102. The molecule has 21 heavy (non-hydrogen) atoms. The van der Waals surface area contributed by atoms with Crippen molar-refractivity contribution in [1.29, 1.82) is 0 Å². The van der Waals surface area contributed by atoms with E-state index in [0.29, 0.717) is 0 Å². The first-order chi connectivity index (χ1) is 9.70. The number of rotatable bonds is 4. The van der Waals surface area contributed by atoms with Crippen LogP contribution in [0, 0.1) is 22.7 Å². The van der Waals surface area contributed by atoms with Crippen LogP contribution < -0.4 is 0 Å². The van der Waals surface area contributed by atoms with Crippen molar-refractivity contribution in [1.82, 2.24) is 0 Å². The third kappa shape index (κ3) is 1.20. The molecule has 1 saturated carbocycles. The van der Waals surface area contributed by atoms with Crippen LogP contribution in [0.15, 0.2) is 23.3 Å². The molecule has 4 N–H and O–H groups in total. The highest BCUT2D eigenvalue weighted by atomic mass is 16.4. The SMILES string of the molecule is O=C(O)C1=CC2(C(=O)O)C3CC1C(C(=O)O)=CC32C(=O)O. The number of carbonyl (C=O) groups is 4. The van der Waals surface area contributed by atoms with Gasteiger partial charge in [0.1, 0.15) is 10.8 Å². The number of aliphatic carboxylic acids is 4. The molecule has 0 radical (unpaired) electrons. The summed E-state index contributed by atoms with van der Waals surface area (Å²) in [6.07, 6.45) is 1.75. The number of hydrogen-bond acceptors (Lipinski definition) is 4. The predicted molar refractivity (Wildman–Crippen MR) is 63.2 cm³/mol. The molecule has 0 spiro atoms. The van der Waals surface area contributed by atoms with Gasteiger partial charge < -0.3 is 20.4 Å². The van der Waals surface area contributed by atoms with Crippen LogP contribution in [0.4, 0.5) is 0 Å². The second-order valence-corrected chi connectivity index (χ2v) is 5.50. The van der Waals surface area contributed by atoms with Gasteiger partial charge in [-0.2, -0.15) is 0 Å². The van der Waals surface area contributed by atoms with Crippen LogP contribution >= 0.6 is 0 Å². The summed E-state index contributed by atoms with van der Waals surface area (Å²) >= 11 is 0. The molecule has 2 bridgehead atoms. The summed E-state index contributed by atoms with van der Waals surface area (Å²) in [4.78, 5) is 45.7. The molecule has 0 aliphatic heterocycles. The highest BCUT2D eigenvalue weighted by molar-refractivity contribution is 6.05. The lowest BCUT2D eigenvalue weighted by Crippen LogP contribution is -2.28. The average Bonchev–Trinajstić information content (AvgIpc) is 3.04. The first kappa shape index (κ1) is 13.3. The molecule has 2 unspecified atom stereocenters. The largest absolute Gasteiger partial charge is 0.481 e. The number of fused-ring (bicyclic) bond motifs is 2. The van der Waals surface area contributed by atoms with Crippen molar-refractivity contribution >= 4 is 23.9 Å². The molecule has 8 nitrogen and oxygen atoms in total. The maximum Gasteiger partial charge on any atom is 0.331 e. The minimum atomic E-state index is -1.87. The summed E-state index contributed by atoms with van der Waals surface area (Å²) < 4.78 is 0. The van der Waals surface area contributed by atoms with E-state index in [1.165, 1.54) is 0 Å². The van der Waals surface area contributed by atoms with Crippen molar-refractivity contribution in [3.05, 3.63) is 23.3 Å². The van der Waals surface area contributed by atoms with Gasteiger partial charge in [0.05, 0.1) is 0 Å². The first-order valence-electron chi connectivity index (χ1n) is 6.09. The van der Waals surface area contributed by atoms with Crippen molar-refractivity contribution in [3.8, 4) is 0 Å². The molecule has 0 saturated heterocycles. The van der Waals surface area contributed by atoms with Gasteiger partial charge in [0.15, 0.2) is 0 Å². The van der Waals surface area contributed by atoms with E-state index in [1.807, 2.05) is 0 Å². The zero-order chi connectivity index (χ0) is 15.7. The summed E-state index contributed by atoms with van der Waals surface area (Å²) in [5.74, 6) is -7.56. The van der Waals surface area contributed by atoms with Gasteiger partial charge in [-0.05, 0) is 6.42 Å². The molecule has 0 aromatic heterocycles. The van der Waals surface area contributed by atoms with Crippen LogP contribution in [0.25, 0.3) is 0 Å². The van der Waals surface area contributed by atoms with Crippen LogP contribution in [-0.4, -0.2) is 44.3 Å². The van der Waals surface area contributed by atoms with Crippen LogP contribution in [0.2, 0.25) is 0 Å². The Morgan fingerprint density at radius 3 is 1.52 bits per heavy atom. The van der Waals surface area contributed by atoms with Gasteiger partial charge >= 0.3 is 23.9 Å². The fraction of sp³-hybridized carbons (Fsp3) is 0.385. The Morgan fingerprint density at radius 2 is 1.24 bits per heavy atom. The second kappa shape index (κ2) is 3.51. The number of carboxylic acids is 4. The molecule has 110 valence electrons. The lowest BCUT2D eigenvalue weighted by molar-refractivity contribution is -0.150. The van der Waals surface area contributed by atoms with E-state index in [9.17, 15) is 39.6 Å². The van der Waals surface area contributed by atoms with Gasteiger partial charge in [0.2, 0.25) is 0 Å². The highest BCUT2D eigenvalue weighted by Crippen LogP contribution is 2.78. The lowest BCUT2D eigenvalue weighted by atomic mass is 9.77. The van der Waals surface area contributed by atoms with E-state index in [-0.39, 0.29) is 17.6 Å². The zero-order valence-corrected chi connectivity index (χ0v) is 10.4. The minimum Gasteiger partial charge on any atom is -0.481 e. The molecule has 1 fully saturated rings. The molecule has 0 amide bonds. The fourth-order valence-electron chi connectivity index (χ4n) is 3.96. The second-order valence-electron chi connectivity index (χ2n) is 5.50. The van der Waals surface area contributed by atoms with Crippen molar-refractivity contribution in [2.75, 3.05) is 0 Å². The first-order valence-corrected chi connectivity index (χ1v) is 6.09. The number of hydrogen-bond donors (Lipinski definition) is 4. The molecule has 3 aliphatic carbocycles. The van der Waals surface area contributed by atoms with E-state index in [0.717, 1.165) is 12.2 Å². The van der Waals surface area contributed by atoms with E-state index >= 15 is 0 Å². The Labute approximate surface area is 117 Å². The molecule has 3 rings (SSSR count). The van der Waals surface area contributed by atoms with Crippen LogP contribution in [0.5, 0.6) is 0 Å². The van der Waals surface area contributed by atoms with Crippen molar-refractivity contribution in [2.45, 2.75) is 6.42 Å². The van der Waals surface area contributed by atoms with Gasteiger partial charge in [-0.15, -0.1) is 0 Å². The standard InChI is InChI=1S/C13H10O8/c14-8(15)5-2-12(10(18)19)7-1-4(5)6(9(16)17)3-13(7,12)11(20)21/h2-4,7H,1H2,(H,14,15)(H,16,17)(H,18,19)(H,20,21). The molecular formula is C13H10O8. The van der Waals surface area contributed by atoms with Gasteiger partial charge in [0.25, 0.3) is 0 Å². The average molecular weight is 294 g/mol. The quantitative estimate of drug-likeness (QED) is 0.557. The topological polar surface area (TPSA) is 149 Å². The maximum atomic E-state index is 11.6. The molecule has 8 heteroatoms. The fourth-order valence-corrected chi connectivity index (χ4v) is 3.96. The van der Waals surface area contributed by atoms with E-state index in [1.54, 1.807) is 0 Å². The molecular weight excluding hydrogens is 284 g/mol. The van der Waals surface area contributed by atoms with Gasteiger partial charge in [-0.1, -0.05) is 12.2 Å². The molecule has 0 heterocycles. The molecule has 0 aromatic carbocycles. The Hall–Kier alpha value is -2.64. The Morgan fingerprint density at radius 1 is 0.857 bits per heavy atom. The van der Waals surface area contributed by atoms with Crippen LogP contribution in [0.3, 0.4) is 0 Å². The summed E-state index contributed by atoms with van der Waals surface area (Å²) in [6, 6.07) is 0. The smallest absolute Gasteiger partial charge is 0.331 e.